The summed E-state index contributed by atoms with van der Waals surface area (Å²) in [7, 11) is 3.63. The first-order valence-electron chi connectivity index (χ1n) is 7.34. The molecule has 2 fully saturated rings. The van der Waals surface area contributed by atoms with Crippen molar-refractivity contribution in [3.8, 4) is 0 Å². The van der Waals surface area contributed by atoms with Crippen LogP contribution >= 0.6 is 22.9 Å². The zero-order valence-electron chi connectivity index (χ0n) is 12.1. The van der Waals surface area contributed by atoms with E-state index in [0.29, 0.717) is 11.1 Å². The third-order valence-corrected chi connectivity index (χ3v) is 6.18. The molecule has 0 aliphatic heterocycles. The quantitative estimate of drug-likeness (QED) is 0.778. The van der Waals surface area contributed by atoms with Gasteiger partial charge in [0.1, 0.15) is 5.15 Å². The Labute approximate surface area is 132 Å². The van der Waals surface area contributed by atoms with E-state index in [1.54, 1.807) is 22.4 Å². The Kier molecular flexibility index (Phi) is 3.02. The lowest BCUT2D eigenvalue weighted by molar-refractivity contribution is 0.0831. The number of fused-ring (bicyclic) bond motifs is 2. The highest BCUT2D eigenvalue weighted by molar-refractivity contribution is 7.21. The van der Waals surface area contributed by atoms with E-state index < -0.39 is 0 Å². The van der Waals surface area contributed by atoms with Crippen LogP contribution < -0.4 is 0 Å². The Morgan fingerprint density at radius 2 is 2.05 bits per heavy atom. The first-order valence-corrected chi connectivity index (χ1v) is 8.53. The van der Waals surface area contributed by atoms with Gasteiger partial charge in [-0.15, -0.1) is 11.3 Å². The van der Waals surface area contributed by atoms with Crippen molar-refractivity contribution < 1.29 is 4.79 Å². The molecule has 4 rings (SSSR count). The maximum atomic E-state index is 12.6. The van der Waals surface area contributed by atoms with Crippen LogP contribution in [0.4, 0.5) is 0 Å². The molecule has 2 aliphatic carbocycles. The van der Waals surface area contributed by atoms with Gasteiger partial charge in [-0.2, -0.15) is 0 Å². The Balaban J connectivity index is 1.88. The van der Waals surface area contributed by atoms with Crippen molar-refractivity contribution in [2.45, 2.75) is 25.2 Å². The van der Waals surface area contributed by atoms with Gasteiger partial charge < -0.3 is 4.90 Å². The molecule has 0 saturated heterocycles. The number of amides is 1. The van der Waals surface area contributed by atoms with Crippen LogP contribution in [0.25, 0.3) is 10.1 Å². The predicted molar refractivity (Wildman–Crippen MR) is 86.2 cm³/mol. The summed E-state index contributed by atoms with van der Waals surface area (Å²) in [6.45, 7) is 0. The zero-order valence-corrected chi connectivity index (χ0v) is 13.7. The van der Waals surface area contributed by atoms with Gasteiger partial charge in [0.2, 0.25) is 0 Å². The molecule has 0 spiro atoms. The second kappa shape index (κ2) is 4.68. The molecule has 2 aromatic heterocycles. The molecule has 3 nitrogen and oxygen atoms in total. The Hall–Kier alpha value is -1.13. The number of pyridine rings is 1. The minimum absolute atomic E-state index is 0.0999. The largest absolute Gasteiger partial charge is 0.344 e. The van der Waals surface area contributed by atoms with Crippen molar-refractivity contribution in [2.24, 2.45) is 11.8 Å². The van der Waals surface area contributed by atoms with E-state index in [9.17, 15) is 4.79 Å². The molecule has 2 atom stereocenters. The summed E-state index contributed by atoms with van der Waals surface area (Å²) in [5, 5.41) is 1.64. The maximum absolute atomic E-state index is 12.6. The van der Waals surface area contributed by atoms with Gasteiger partial charge in [0, 0.05) is 25.7 Å². The van der Waals surface area contributed by atoms with Crippen molar-refractivity contribution in [3.63, 3.8) is 0 Å². The van der Waals surface area contributed by atoms with Crippen LogP contribution in [0.1, 0.15) is 40.4 Å². The summed E-state index contributed by atoms with van der Waals surface area (Å²) < 4.78 is 1.07. The van der Waals surface area contributed by atoms with Crippen LogP contribution in [-0.2, 0) is 0 Å². The molecule has 0 bridgehead atoms. The monoisotopic (exact) mass is 320 g/mol. The number of nitrogens with zero attached hydrogens (tertiary/aromatic N) is 2. The fraction of sp³-hybridized carbons (Fsp3) is 0.500. The lowest BCUT2D eigenvalue weighted by Gasteiger charge is -2.16. The van der Waals surface area contributed by atoms with Gasteiger partial charge in [0.05, 0.1) is 9.58 Å². The topological polar surface area (TPSA) is 33.2 Å². The van der Waals surface area contributed by atoms with E-state index in [1.807, 2.05) is 20.2 Å². The number of carbonyl (C=O) groups excluding carboxylic acids is 1. The summed E-state index contributed by atoms with van der Waals surface area (Å²) in [6, 6.07) is 1.93. The van der Waals surface area contributed by atoms with Gasteiger partial charge in [-0.1, -0.05) is 11.6 Å². The average Bonchev–Trinajstić information content (AvgIpc) is 2.91. The number of hydrogen-bond donors (Lipinski definition) is 0. The molecule has 0 N–H and O–H groups in total. The minimum Gasteiger partial charge on any atom is -0.344 e. The van der Waals surface area contributed by atoms with E-state index in [2.05, 4.69) is 4.98 Å². The van der Waals surface area contributed by atoms with Crippen LogP contribution in [0.15, 0.2) is 12.3 Å². The molecule has 2 unspecified atom stereocenters. The Morgan fingerprint density at radius 1 is 1.33 bits per heavy atom. The molecular weight excluding hydrogens is 304 g/mol. The van der Waals surface area contributed by atoms with Crippen LogP contribution in [-0.4, -0.2) is 29.9 Å². The van der Waals surface area contributed by atoms with Crippen molar-refractivity contribution in [2.75, 3.05) is 14.1 Å². The van der Waals surface area contributed by atoms with Gasteiger partial charge in [0.15, 0.2) is 0 Å². The summed E-state index contributed by atoms with van der Waals surface area (Å²) >= 11 is 7.64. The highest BCUT2D eigenvalue weighted by Gasteiger charge is 2.47. The third-order valence-electron chi connectivity index (χ3n) is 4.83. The minimum atomic E-state index is 0.0999. The van der Waals surface area contributed by atoms with Crippen LogP contribution in [0.2, 0.25) is 5.15 Å². The highest BCUT2D eigenvalue weighted by atomic mass is 35.5. The molecule has 2 heterocycles. The lowest BCUT2D eigenvalue weighted by atomic mass is 9.92. The molecule has 1 amide bonds. The van der Waals surface area contributed by atoms with Gasteiger partial charge in [-0.25, -0.2) is 4.98 Å². The van der Waals surface area contributed by atoms with Gasteiger partial charge in [-0.3, -0.25) is 4.79 Å². The number of thiophene rings is 1. The first-order chi connectivity index (χ1) is 10.0. The standard InChI is InChI=1S/C16H17ClN2OS/c1-19(2)16(20)15-14(10-4-8-3-9(8)5-10)11-6-13(17)18-7-12(11)21-15/h6-10H,3-5H2,1-2H3. The van der Waals surface area contributed by atoms with Crippen molar-refractivity contribution in [3.05, 3.63) is 27.9 Å². The highest BCUT2D eigenvalue weighted by Crippen LogP contribution is 2.59. The van der Waals surface area contributed by atoms with E-state index in [4.69, 9.17) is 11.6 Å². The van der Waals surface area contributed by atoms with Gasteiger partial charge >= 0.3 is 0 Å². The number of halogens is 1. The van der Waals surface area contributed by atoms with Gasteiger partial charge in [0.25, 0.3) is 5.91 Å². The van der Waals surface area contributed by atoms with Crippen molar-refractivity contribution in [1.82, 2.24) is 9.88 Å². The maximum Gasteiger partial charge on any atom is 0.263 e. The average molecular weight is 321 g/mol. The molecule has 21 heavy (non-hydrogen) atoms. The number of carbonyl (C=O) groups is 1. The van der Waals surface area contributed by atoms with Crippen LogP contribution in [0.3, 0.4) is 0 Å². The smallest absolute Gasteiger partial charge is 0.263 e. The molecule has 5 heteroatoms. The summed E-state index contributed by atoms with van der Waals surface area (Å²) in [5.74, 6) is 2.40. The van der Waals surface area contributed by atoms with Gasteiger partial charge in [-0.05, 0) is 48.6 Å². The molecule has 2 aliphatic rings. The fourth-order valence-corrected chi connectivity index (χ4v) is 5.13. The summed E-state index contributed by atoms with van der Waals surface area (Å²) in [5.41, 5.74) is 1.23. The van der Waals surface area contributed by atoms with Crippen LogP contribution in [0.5, 0.6) is 0 Å². The third kappa shape index (κ3) is 2.16. The second-order valence-electron chi connectivity index (χ2n) is 6.47. The fourth-order valence-electron chi connectivity index (χ4n) is 3.71. The molecule has 110 valence electrons. The zero-order chi connectivity index (χ0) is 14.7. The molecular formula is C16H17ClN2OS. The normalized spacial score (nSPS) is 26.9. The van der Waals surface area contributed by atoms with Crippen molar-refractivity contribution >= 4 is 38.9 Å². The number of aromatic nitrogens is 1. The van der Waals surface area contributed by atoms with E-state index in [0.717, 1.165) is 26.8 Å². The molecule has 0 aromatic carbocycles. The molecule has 0 radical (unpaired) electrons. The Bertz CT molecular complexity index is 729. The molecule has 2 saturated carbocycles. The number of hydrogen-bond acceptors (Lipinski definition) is 3. The van der Waals surface area contributed by atoms with E-state index >= 15 is 0 Å². The number of rotatable bonds is 2. The summed E-state index contributed by atoms with van der Waals surface area (Å²) in [4.78, 5) is 19.3. The van der Waals surface area contributed by atoms with Crippen LogP contribution in [0, 0.1) is 11.8 Å². The SMILES string of the molecule is CN(C)C(=O)c1sc2cnc(Cl)cc2c1C1CC2CC2C1. The lowest BCUT2D eigenvalue weighted by Crippen LogP contribution is -2.22. The van der Waals surface area contributed by atoms with E-state index in [-0.39, 0.29) is 5.91 Å². The van der Waals surface area contributed by atoms with E-state index in [1.165, 1.54) is 24.8 Å². The second-order valence-corrected chi connectivity index (χ2v) is 7.91. The summed E-state index contributed by atoms with van der Waals surface area (Å²) in [6.07, 6.45) is 5.64. The predicted octanol–water partition coefficient (Wildman–Crippen LogP) is 4.17. The first kappa shape index (κ1) is 13.5. The van der Waals surface area contributed by atoms with Crippen molar-refractivity contribution in [1.29, 1.82) is 0 Å². The molecule has 2 aromatic rings. The Morgan fingerprint density at radius 3 is 2.71 bits per heavy atom.